The van der Waals surface area contributed by atoms with Crippen molar-refractivity contribution in [3.8, 4) is 0 Å². The Morgan fingerprint density at radius 3 is 2.78 bits per heavy atom. The fourth-order valence-electron chi connectivity index (χ4n) is 7.20. The Bertz CT molecular complexity index is 1110. The van der Waals surface area contributed by atoms with E-state index < -0.39 is 5.60 Å². The average molecular weight is 569 g/mol. The van der Waals surface area contributed by atoms with Crippen LogP contribution in [0.15, 0.2) is 30.4 Å². The quantitative estimate of drug-likeness (QED) is 0.331. The Morgan fingerprint density at radius 1 is 1.15 bits per heavy atom. The zero-order valence-electron chi connectivity index (χ0n) is 24.8. The Morgan fingerprint density at radius 2 is 1.98 bits per heavy atom. The number of nitrogens with zero attached hydrogens (tertiary/aromatic N) is 4. The van der Waals surface area contributed by atoms with E-state index in [9.17, 15) is 9.90 Å². The van der Waals surface area contributed by atoms with Gasteiger partial charge in [0.25, 0.3) is 0 Å². The van der Waals surface area contributed by atoms with Crippen LogP contribution in [0.2, 0.25) is 0 Å². The van der Waals surface area contributed by atoms with Crippen molar-refractivity contribution in [2.45, 2.75) is 75.9 Å². The summed E-state index contributed by atoms with van der Waals surface area (Å²) in [5.74, 6) is -0.0392. The van der Waals surface area contributed by atoms with Crippen LogP contribution in [0.4, 0.5) is 11.4 Å². The van der Waals surface area contributed by atoms with E-state index in [2.05, 4.69) is 73.5 Å². The molecule has 5 aliphatic rings. The number of allylic oxidation sites excluding steroid dienone is 1. The lowest BCUT2D eigenvalue weighted by Gasteiger charge is -2.47. The number of hydrogen-bond acceptors (Lipinski definition) is 10. The monoisotopic (exact) mass is 568 g/mol. The molecule has 6 rings (SSSR count). The molecule has 0 saturated carbocycles. The first kappa shape index (κ1) is 28.9. The van der Waals surface area contributed by atoms with Gasteiger partial charge in [-0.2, -0.15) is 5.01 Å². The van der Waals surface area contributed by atoms with Crippen LogP contribution in [-0.4, -0.2) is 110 Å². The summed E-state index contributed by atoms with van der Waals surface area (Å²) in [4.78, 5) is 18.5. The average Bonchev–Trinajstić information content (AvgIpc) is 3.23. The second kappa shape index (κ2) is 12.2. The number of nitrogens with one attached hydrogen (secondary N) is 4. The van der Waals surface area contributed by atoms with Crippen molar-refractivity contribution in [1.82, 2.24) is 30.9 Å². The van der Waals surface area contributed by atoms with Gasteiger partial charge in [-0.25, -0.2) is 0 Å². The number of benzene rings is 1. The van der Waals surface area contributed by atoms with Gasteiger partial charge in [0.1, 0.15) is 6.29 Å². The molecule has 1 amide bonds. The topological polar surface area (TPSA) is 108 Å². The van der Waals surface area contributed by atoms with Gasteiger partial charge in [-0.15, -0.1) is 0 Å². The minimum absolute atomic E-state index is 0.00240. The predicted molar refractivity (Wildman–Crippen MR) is 160 cm³/mol. The lowest BCUT2D eigenvalue weighted by molar-refractivity contribution is -0.146. The number of anilines is 2. The SMILES string of the molecule is COCc1cc(NC2NCC3C(=O)N4C/C=C\CC[C@](C)(O)C5CCCC(N5)N4C3N2)ccc1N1CCN(C)CC1. The molecule has 5 unspecified atom stereocenters. The number of piperidine rings is 1. The van der Waals surface area contributed by atoms with Gasteiger partial charge in [0.2, 0.25) is 5.91 Å². The number of amides is 1. The molecule has 0 aliphatic carbocycles. The van der Waals surface area contributed by atoms with Crippen LogP contribution in [0.1, 0.15) is 44.6 Å². The number of methoxy groups -OCH3 is 1. The third-order valence-corrected chi connectivity index (χ3v) is 9.63. The molecule has 226 valence electrons. The lowest BCUT2D eigenvalue weighted by atomic mass is 9.85. The summed E-state index contributed by atoms with van der Waals surface area (Å²) >= 11 is 0. The molecule has 5 N–H and O–H groups in total. The van der Waals surface area contributed by atoms with Crippen molar-refractivity contribution < 1.29 is 14.6 Å². The van der Waals surface area contributed by atoms with Crippen LogP contribution in [0.3, 0.4) is 0 Å². The maximum absolute atomic E-state index is 13.7. The van der Waals surface area contributed by atoms with Crippen molar-refractivity contribution in [2.75, 3.05) is 63.6 Å². The van der Waals surface area contributed by atoms with Gasteiger partial charge in [0, 0.05) is 62.8 Å². The zero-order chi connectivity index (χ0) is 28.6. The Balaban J connectivity index is 1.20. The Kier molecular flexibility index (Phi) is 8.56. The van der Waals surface area contributed by atoms with Crippen molar-refractivity contribution >= 4 is 17.3 Å². The highest BCUT2D eigenvalue weighted by molar-refractivity contribution is 5.82. The fourth-order valence-corrected chi connectivity index (χ4v) is 7.20. The molecule has 11 heteroatoms. The van der Waals surface area contributed by atoms with Crippen LogP contribution in [0, 0.1) is 5.92 Å². The smallest absolute Gasteiger partial charge is 0.244 e. The van der Waals surface area contributed by atoms with Crippen LogP contribution in [-0.2, 0) is 16.1 Å². The molecule has 11 nitrogen and oxygen atoms in total. The molecule has 2 bridgehead atoms. The molecule has 0 spiro atoms. The van der Waals surface area contributed by atoms with Gasteiger partial charge < -0.3 is 25.0 Å². The number of rotatable bonds is 5. The van der Waals surface area contributed by atoms with E-state index in [0.29, 0.717) is 26.1 Å². The highest BCUT2D eigenvalue weighted by atomic mass is 16.5. The summed E-state index contributed by atoms with van der Waals surface area (Å²) in [6.07, 6.45) is 8.21. The summed E-state index contributed by atoms with van der Waals surface area (Å²) < 4.78 is 5.58. The van der Waals surface area contributed by atoms with E-state index in [-0.39, 0.29) is 36.5 Å². The number of carbonyl (C=O) groups excluding carboxylic acids is 1. The first-order valence-electron chi connectivity index (χ1n) is 15.4. The summed E-state index contributed by atoms with van der Waals surface area (Å²) in [7, 11) is 3.92. The molecule has 1 aromatic rings. The van der Waals surface area contributed by atoms with Crippen LogP contribution < -0.4 is 26.2 Å². The summed E-state index contributed by atoms with van der Waals surface area (Å²) in [5, 5.41) is 30.0. The maximum atomic E-state index is 13.7. The molecule has 0 aromatic heterocycles. The van der Waals surface area contributed by atoms with Gasteiger partial charge in [-0.3, -0.25) is 25.8 Å². The van der Waals surface area contributed by atoms with Gasteiger partial charge in [-0.05, 0) is 64.3 Å². The van der Waals surface area contributed by atoms with Gasteiger partial charge >= 0.3 is 0 Å². The molecule has 5 heterocycles. The number of piperazine rings is 1. The second-order valence-corrected chi connectivity index (χ2v) is 12.6. The van der Waals surface area contributed by atoms with Crippen molar-refractivity contribution in [3.05, 3.63) is 35.9 Å². The van der Waals surface area contributed by atoms with E-state index in [1.165, 1.54) is 11.3 Å². The molecule has 1 aromatic carbocycles. The third kappa shape index (κ3) is 5.99. The predicted octanol–water partition coefficient (Wildman–Crippen LogP) is 1.04. The summed E-state index contributed by atoms with van der Waals surface area (Å²) in [6.45, 7) is 7.77. The number of hydrogen-bond donors (Lipinski definition) is 5. The maximum Gasteiger partial charge on any atom is 0.244 e. The number of likely N-dealkylation sites (N-methyl/N-ethyl adjacent to an activating group) is 1. The van der Waals surface area contributed by atoms with Crippen molar-refractivity contribution in [2.24, 2.45) is 5.92 Å². The highest BCUT2D eigenvalue weighted by Crippen LogP contribution is 2.34. The molecule has 4 fully saturated rings. The Hall–Kier alpha value is -2.25. The third-order valence-electron chi connectivity index (χ3n) is 9.63. The molecular weight excluding hydrogens is 520 g/mol. The number of aliphatic hydroxyl groups is 1. The molecular formula is C30H48N8O3. The number of carbonyl (C=O) groups is 1. The van der Waals surface area contributed by atoms with E-state index in [1.54, 1.807) is 7.11 Å². The standard InChI is InChI=1S/C30H48N8O3/c1-30(40)12-5-4-6-13-37-28(39)23-19-31-29(34-27(23)38(37)26-9-7-8-25(30)33-26)32-22-10-11-24(21(18-22)20-41-3)36-16-14-35(2)15-17-36/h4,6,10-11,18,23,25-27,29,31-34,40H,5,7-9,12-17,19-20H2,1-3H3/b6-4-/t23?,25?,26?,27?,29?,30-/m0/s1. The molecule has 0 radical (unpaired) electrons. The summed E-state index contributed by atoms with van der Waals surface area (Å²) in [6, 6.07) is 6.53. The molecule has 6 atom stereocenters. The minimum atomic E-state index is -0.789. The van der Waals surface area contributed by atoms with Crippen molar-refractivity contribution in [3.63, 3.8) is 0 Å². The lowest BCUT2D eigenvalue weighted by Crippen LogP contribution is -2.69. The second-order valence-electron chi connectivity index (χ2n) is 12.6. The van der Waals surface area contributed by atoms with E-state index >= 15 is 0 Å². The van der Waals surface area contributed by atoms with E-state index in [0.717, 1.165) is 57.5 Å². The fraction of sp³-hybridized carbons (Fsp3) is 0.700. The molecule has 41 heavy (non-hydrogen) atoms. The number of hydrazine groups is 1. The molecule has 4 saturated heterocycles. The van der Waals surface area contributed by atoms with Crippen LogP contribution in [0.5, 0.6) is 0 Å². The first-order valence-corrected chi connectivity index (χ1v) is 15.4. The van der Waals surface area contributed by atoms with Crippen LogP contribution >= 0.6 is 0 Å². The highest BCUT2D eigenvalue weighted by Gasteiger charge is 2.52. The minimum Gasteiger partial charge on any atom is -0.389 e. The zero-order valence-corrected chi connectivity index (χ0v) is 24.8. The largest absolute Gasteiger partial charge is 0.389 e. The van der Waals surface area contributed by atoms with E-state index in [1.807, 2.05) is 11.9 Å². The summed E-state index contributed by atoms with van der Waals surface area (Å²) in [5.41, 5.74) is 2.62. The van der Waals surface area contributed by atoms with E-state index in [4.69, 9.17) is 4.74 Å². The number of fused-ring (bicyclic) bond motifs is 6. The Labute approximate surface area is 244 Å². The van der Waals surface area contributed by atoms with Gasteiger partial charge in [0.15, 0.2) is 0 Å². The van der Waals surface area contributed by atoms with Gasteiger partial charge in [0.05, 0.1) is 37.0 Å². The van der Waals surface area contributed by atoms with Gasteiger partial charge in [-0.1, -0.05) is 12.2 Å². The first-order chi connectivity index (χ1) is 19.8. The molecule has 5 aliphatic heterocycles. The number of ether oxygens (including phenoxy) is 1. The van der Waals surface area contributed by atoms with Crippen LogP contribution in [0.25, 0.3) is 0 Å². The normalized spacial score (nSPS) is 35.9. The van der Waals surface area contributed by atoms with Crippen molar-refractivity contribution in [1.29, 1.82) is 0 Å².